The lowest BCUT2D eigenvalue weighted by Crippen LogP contribution is -1.91. The van der Waals surface area contributed by atoms with Gasteiger partial charge in [0.15, 0.2) is 0 Å². The van der Waals surface area contributed by atoms with Gasteiger partial charge in [-0.25, -0.2) is 0 Å². The summed E-state index contributed by atoms with van der Waals surface area (Å²) in [6, 6.07) is 6.77. The van der Waals surface area contributed by atoms with Crippen LogP contribution in [-0.4, -0.2) is 30.5 Å². The number of aromatic hydroxyl groups is 1. The Hall–Kier alpha value is -2.80. The van der Waals surface area contributed by atoms with Crippen molar-refractivity contribution in [2.45, 2.75) is 0 Å². The third-order valence-electron chi connectivity index (χ3n) is 3.02. The molecule has 0 bridgehead atoms. The van der Waals surface area contributed by atoms with Gasteiger partial charge in [0, 0.05) is 36.0 Å². The maximum Gasteiger partial charge on any atom is 0.270 e. The lowest BCUT2D eigenvalue weighted by atomic mass is 10.2. The standard InChI is InChI=1S/C15H13ClN2O5/c1-22-14-7-12(15(23-2)6-11(14)16)17-8-9-5-10(18(20)21)3-4-13(9)19/h3-8,19H,1-2H3. The number of ether oxygens (including phenoxy) is 2. The summed E-state index contributed by atoms with van der Waals surface area (Å²) in [4.78, 5) is 14.4. The largest absolute Gasteiger partial charge is 0.507 e. The van der Waals surface area contributed by atoms with Crippen LogP contribution in [0.2, 0.25) is 5.02 Å². The Labute approximate surface area is 136 Å². The second-order valence-electron chi connectivity index (χ2n) is 4.42. The number of hydrogen-bond donors (Lipinski definition) is 1. The first-order valence-corrected chi connectivity index (χ1v) is 6.77. The molecule has 0 aliphatic heterocycles. The van der Waals surface area contributed by atoms with Crippen molar-refractivity contribution >= 4 is 29.2 Å². The Morgan fingerprint density at radius 2 is 1.91 bits per heavy atom. The summed E-state index contributed by atoms with van der Waals surface area (Å²) in [7, 11) is 2.93. The fourth-order valence-electron chi connectivity index (χ4n) is 1.84. The molecule has 2 aromatic rings. The zero-order valence-corrected chi connectivity index (χ0v) is 13.1. The van der Waals surface area contributed by atoms with Crippen LogP contribution in [0.3, 0.4) is 0 Å². The number of nitrogens with zero attached hydrogens (tertiary/aromatic N) is 2. The lowest BCUT2D eigenvalue weighted by molar-refractivity contribution is -0.384. The van der Waals surface area contributed by atoms with Crippen LogP contribution >= 0.6 is 11.6 Å². The van der Waals surface area contributed by atoms with Crippen LogP contribution < -0.4 is 9.47 Å². The topological polar surface area (TPSA) is 94.2 Å². The van der Waals surface area contributed by atoms with Crippen molar-refractivity contribution in [3.05, 3.63) is 51.0 Å². The minimum absolute atomic E-state index is 0.126. The lowest BCUT2D eigenvalue weighted by Gasteiger charge is -2.09. The van der Waals surface area contributed by atoms with Crippen LogP contribution in [0, 0.1) is 10.1 Å². The normalized spacial score (nSPS) is 10.7. The number of aliphatic imine (C=N–C) groups is 1. The van der Waals surface area contributed by atoms with E-state index in [1.54, 1.807) is 12.1 Å². The predicted octanol–water partition coefficient (Wildman–Crippen LogP) is 3.72. The van der Waals surface area contributed by atoms with Gasteiger partial charge in [-0.2, -0.15) is 0 Å². The number of phenols is 1. The van der Waals surface area contributed by atoms with Crippen molar-refractivity contribution in [3.63, 3.8) is 0 Å². The highest BCUT2D eigenvalue weighted by Crippen LogP contribution is 2.37. The Bertz CT molecular complexity index is 777. The van der Waals surface area contributed by atoms with Gasteiger partial charge in [-0.15, -0.1) is 0 Å². The Morgan fingerprint density at radius 3 is 2.52 bits per heavy atom. The van der Waals surface area contributed by atoms with Crippen molar-refractivity contribution in [1.82, 2.24) is 0 Å². The van der Waals surface area contributed by atoms with E-state index in [9.17, 15) is 15.2 Å². The maximum absolute atomic E-state index is 10.8. The summed E-state index contributed by atoms with van der Waals surface area (Å²) in [5.41, 5.74) is 0.458. The number of hydrogen-bond acceptors (Lipinski definition) is 6. The summed E-state index contributed by atoms with van der Waals surface area (Å²) in [5.74, 6) is 0.680. The first-order chi connectivity index (χ1) is 11.0. The molecular formula is C15H13ClN2O5. The minimum Gasteiger partial charge on any atom is -0.507 e. The van der Waals surface area contributed by atoms with Gasteiger partial charge >= 0.3 is 0 Å². The molecule has 7 nitrogen and oxygen atoms in total. The fourth-order valence-corrected chi connectivity index (χ4v) is 2.07. The van der Waals surface area contributed by atoms with Gasteiger partial charge < -0.3 is 14.6 Å². The van der Waals surface area contributed by atoms with Crippen LogP contribution in [0.5, 0.6) is 17.2 Å². The van der Waals surface area contributed by atoms with Gasteiger partial charge in [0.25, 0.3) is 5.69 Å². The van der Waals surface area contributed by atoms with E-state index < -0.39 is 4.92 Å². The SMILES string of the molecule is COc1cc(N=Cc2cc([N+](=O)[O-])ccc2O)c(OC)cc1Cl. The smallest absolute Gasteiger partial charge is 0.270 e. The van der Waals surface area contributed by atoms with E-state index in [4.69, 9.17) is 21.1 Å². The van der Waals surface area contributed by atoms with Gasteiger partial charge in [0.05, 0.1) is 24.2 Å². The zero-order valence-electron chi connectivity index (χ0n) is 12.3. The van der Waals surface area contributed by atoms with Crippen LogP contribution in [-0.2, 0) is 0 Å². The quantitative estimate of drug-likeness (QED) is 0.510. The molecule has 0 saturated heterocycles. The predicted molar refractivity (Wildman–Crippen MR) is 86.6 cm³/mol. The van der Waals surface area contributed by atoms with Crippen LogP contribution in [0.15, 0.2) is 35.3 Å². The molecule has 8 heteroatoms. The number of nitro benzene ring substituents is 1. The highest BCUT2D eigenvalue weighted by molar-refractivity contribution is 6.32. The third kappa shape index (κ3) is 3.70. The fraction of sp³-hybridized carbons (Fsp3) is 0.133. The first-order valence-electron chi connectivity index (χ1n) is 6.39. The first kappa shape index (κ1) is 16.6. The molecule has 0 aliphatic rings. The van der Waals surface area contributed by atoms with Gasteiger partial charge in [-0.1, -0.05) is 11.6 Å². The molecule has 0 saturated carbocycles. The van der Waals surface area contributed by atoms with Gasteiger partial charge in [-0.3, -0.25) is 15.1 Å². The summed E-state index contributed by atoms with van der Waals surface area (Å²) in [6.07, 6.45) is 1.30. The summed E-state index contributed by atoms with van der Waals surface area (Å²) < 4.78 is 10.3. The van der Waals surface area contributed by atoms with Crippen molar-refractivity contribution in [2.24, 2.45) is 4.99 Å². The molecule has 120 valence electrons. The van der Waals surface area contributed by atoms with E-state index in [0.717, 1.165) is 0 Å². The van der Waals surface area contributed by atoms with Crippen molar-refractivity contribution in [2.75, 3.05) is 14.2 Å². The molecular weight excluding hydrogens is 324 g/mol. The van der Waals surface area contributed by atoms with Crippen molar-refractivity contribution in [3.8, 4) is 17.2 Å². The van der Waals surface area contributed by atoms with Gasteiger partial charge in [0.1, 0.15) is 22.9 Å². The number of rotatable bonds is 5. The summed E-state index contributed by atoms with van der Waals surface area (Å²) >= 11 is 6.01. The number of non-ortho nitro benzene ring substituents is 1. The van der Waals surface area contributed by atoms with E-state index in [0.29, 0.717) is 22.2 Å². The van der Waals surface area contributed by atoms with E-state index in [1.807, 2.05) is 0 Å². The highest BCUT2D eigenvalue weighted by atomic mass is 35.5. The summed E-state index contributed by atoms with van der Waals surface area (Å²) in [5, 5.41) is 20.9. The molecule has 0 heterocycles. The molecule has 23 heavy (non-hydrogen) atoms. The number of phenolic OH excluding ortho intramolecular Hbond substituents is 1. The van der Waals surface area contributed by atoms with Gasteiger partial charge in [-0.05, 0) is 6.07 Å². The van der Waals surface area contributed by atoms with E-state index in [2.05, 4.69) is 4.99 Å². The second kappa shape index (κ2) is 6.97. The van der Waals surface area contributed by atoms with E-state index in [1.165, 1.54) is 38.6 Å². The monoisotopic (exact) mass is 336 g/mol. The van der Waals surface area contributed by atoms with E-state index >= 15 is 0 Å². The van der Waals surface area contributed by atoms with E-state index in [-0.39, 0.29) is 17.0 Å². The van der Waals surface area contributed by atoms with Gasteiger partial charge in [0.2, 0.25) is 0 Å². The zero-order chi connectivity index (χ0) is 17.0. The number of nitro groups is 1. The number of methoxy groups -OCH3 is 2. The Balaban J connectivity index is 2.44. The molecule has 2 rings (SSSR count). The number of halogens is 1. The van der Waals surface area contributed by atoms with Crippen LogP contribution in [0.4, 0.5) is 11.4 Å². The molecule has 0 radical (unpaired) electrons. The highest BCUT2D eigenvalue weighted by Gasteiger charge is 2.11. The molecule has 0 unspecified atom stereocenters. The summed E-state index contributed by atoms with van der Waals surface area (Å²) in [6.45, 7) is 0. The second-order valence-corrected chi connectivity index (χ2v) is 4.82. The molecule has 0 fully saturated rings. The Kier molecular flexibility index (Phi) is 5.02. The average molecular weight is 337 g/mol. The molecule has 0 aromatic heterocycles. The minimum atomic E-state index is -0.553. The van der Waals surface area contributed by atoms with Crippen LogP contribution in [0.25, 0.3) is 0 Å². The molecule has 1 N–H and O–H groups in total. The average Bonchev–Trinajstić information content (AvgIpc) is 2.54. The van der Waals surface area contributed by atoms with Crippen molar-refractivity contribution in [1.29, 1.82) is 0 Å². The third-order valence-corrected chi connectivity index (χ3v) is 3.31. The molecule has 0 aliphatic carbocycles. The maximum atomic E-state index is 10.8. The van der Waals surface area contributed by atoms with Crippen molar-refractivity contribution < 1.29 is 19.5 Å². The molecule has 0 atom stereocenters. The Morgan fingerprint density at radius 1 is 1.22 bits per heavy atom. The number of benzene rings is 2. The molecule has 0 spiro atoms. The molecule has 2 aromatic carbocycles. The van der Waals surface area contributed by atoms with Crippen LogP contribution in [0.1, 0.15) is 5.56 Å². The molecule has 0 amide bonds.